The Bertz CT molecular complexity index is 317. The Labute approximate surface area is 105 Å². The molecule has 0 saturated carbocycles. The van der Waals surface area contributed by atoms with Crippen LogP contribution in [0.2, 0.25) is 0 Å². The number of aliphatic carboxylic acids is 1. The average Bonchev–Trinajstić information content (AvgIpc) is 2.31. The van der Waals surface area contributed by atoms with Crippen LogP contribution in [-0.4, -0.2) is 65.4 Å². The molecule has 0 aliphatic carbocycles. The summed E-state index contributed by atoms with van der Waals surface area (Å²) in [5.41, 5.74) is 0. The Morgan fingerprint density at radius 1 is 1.33 bits per heavy atom. The Balaban J connectivity index is 4.40. The van der Waals surface area contributed by atoms with E-state index in [9.17, 15) is 14.4 Å². The van der Waals surface area contributed by atoms with Crippen LogP contribution in [0.1, 0.15) is 13.8 Å². The van der Waals surface area contributed by atoms with Gasteiger partial charge in [0.25, 0.3) is 0 Å². The number of methoxy groups -OCH3 is 1. The van der Waals surface area contributed by atoms with Gasteiger partial charge in [-0.1, -0.05) is 0 Å². The molecule has 0 fully saturated rings. The van der Waals surface area contributed by atoms with Crippen molar-refractivity contribution < 1.29 is 29.3 Å². The van der Waals surface area contributed by atoms with Gasteiger partial charge >= 0.3 is 18.0 Å². The summed E-state index contributed by atoms with van der Waals surface area (Å²) < 4.78 is 4.44. The highest BCUT2D eigenvalue weighted by Crippen LogP contribution is 1.99. The number of carbonyl (C=O) groups is 3. The molecule has 0 unspecified atom stereocenters. The first-order chi connectivity index (χ1) is 8.29. The lowest BCUT2D eigenvalue weighted by Gasteiger charge is -2.25. The summed E-state index contributed by atoms with van der Waals surface area (Å²) in [6, 6.07) is -0.915. The van der Waals surface area contributed by atoms with E-state index >= 15 is 0 Å². The van der Waals surface area contributed by atoms with Gasteiger partial charge in [0.1, 0.15) is 6.54 Å². The number of nitrogens with zero attached hydrogens (tertiary/aromatic N) is 1. The molecule has 0 saturated heterocycles. The molecule has 0 rings (SSSR count). The predicted molar refractivity (Wildman–Crippen MR) is 60.9 cm³/mol. The summed E-state index contributed by atoms with van der Waals surface area (Å²) in [6.07, 6.45) is -1.68. The van der Waals surface area contributed by atoms with Crippen LogP contribution in [-0.2, 0) is 14.3 Å². The average molecular weight is 262 g/mol. The van der Waals surface area contributed by atoms with Gasteiger partial charge in [-0.25, -0.2) is 9.59 Å². The number of aliphatic hydroxyl groups is 1. The molecule has 0 spiro atoms. The van der Waals surface area contributed by atoms with E-state index < -0.39 is 30.6 Å². The molecule has 0 radical (unpaired) electrons. The maximum absolute atomic E-state index is 11.7. The van der Waals surface area contributed by atoms with Crippen LogP contribution >= 0.6 is 0 Å². The van der Waals surface area contributed by atoms with Crippen molar-refractivity contribution >= 4 is 18.0 Å². The van der Waals surface area contributed by atoms with Crippen LogP contribution in [0.25, 0.3) is 0 Å². The van der Waals surface area contributed by atoms with Gasteiger partial charge in [0.05, 0.1) is 13.7 Å². The lowest BCUT2D eigenvalue weighted by atomic mass is 10.3. The van der Waals surface area contributed by atoms with Crippen molar-refractivity contribution in [2.24, 2.45) is 0 Å². The van der Waals surface area contributed by atoms with Crippen molar-refractivity contribution in [2.75, 3.05) is 20.2 Å². The standard InChI is InChI=1S/C10H18N2O6/c1-6(2)12(5-8(14)18-3)10(17)11-4-7(13)9(15)16/h6-7,13H,4-5H2,1-3H3,(H,11,17)(H,15,16)/t7-/m0/s1. The van der Waals surface area contributed by atoms with Crippen molar-refractivity contribution in [3.8, 4) is 0 Å². The molecule has 0 aromatic carbocycles. The lowest BCUT2D eigenvalue weighted by Crippen LogP contribution is -2.49. The topological polar surface area (TPSA) is 116 Å². The first-order valence-electron chi connectivity index (χ1n) is 5.31. The SMILES string of the molecule is COC(=O)CN(C(=O)NC[C@H](O)C(=O)O)C(C)C. The molecular formula is C10H18N2O6. The van der Waals surface area contributed by atoms with Crippen molar-refractivity contribution in [1.29, 1.82) is 0 Å². The van der Waals surface area contributed by atoms with E-state index in [1.165, 1.54) is 12.0 Å². The molecule has 0 aromatic rings. The number of urea groups is 1. The first-order valence-corrected chi connectivity index (χ1v) is 5.31. The molecule has 2 amide bonds. The maximum atomic E-state index is 11.7. The highest BCUT2D eigenvalue weighted by atomic mass is 16.5. The molecule has 3 N–H and O–H groups in total. The molecular weight excluding hydrogens is 244 g/mol. The van der Waals surface area contributed by atoms with Crippen LogP contribution in [0.3, 0.4) is 0 Å². The fourth-order valence-corrected chi connectivity index (χ4v) is 1.07. The summed E-state index contributed by atoms with van der Waals surface area (Å²) in [4.78, 5) is 34.3. The fraction of sp³-hybridized carbons (Fsp3) is 0.700. The summed E-state index contributed by atoms with van der Waals surface area (Å²) in [6.45, 7) is 2.70. The highest BCUT2D eigenvalue weighted by molar-refractivity contribution is 5.81. The smallest absolute Gasteiger partial charge is 0.334 e. The first kappa shape index (κ1) is 16.2. The number of carboxylic acid groups (broad SMARTS) is 1. The molecule has 0 aromatic heterocycles. The second kappa shape index (κ2) is 7.49. The van der Waals surface area contributed by atoms with Crippen LogP contribution in [0.15, 0.2) is 0 Å². The van der Waals surface area contributed by atoms with Crippen LogP contribution in [0, 0.1) is 0 Å². The number of amides is 2. The van der Waals surface area contributed by atoms with E-state index in [0.29, 0.717) is 0 Å². The molecule has 18 heavy (non-hydrogen) atoms. The zero-order valence-electron chi connectivity index (χ0n) is 10.5. The number of rotatable bonds is 6. The van der Waals surface area contributed by atoms with E-state index in [1.54, 1.807) is 13.8 Å². The number of hydrogen-bond donors (Lipinski definition) is 3. The molecule has 0 heterocycles. The third-order valence-electron chi connectivity index (χ3n) is 2.14. The molecule has 8 heteroatoms. The van der Waals surface area contributed by atoms with E-state index in [4.69, 9.17) is 10.2 Å². The van der Waals surface area contributed by atoms with Gasteiger partial charge in [0, 0.05) is 6.04 Å². The quantitative estimate of drug-likeness (QED) is 0.530. The minimum absolute atomic E-state index is 0.247. The van der Waals surface area contributed by atoms with Crippen molar-refractivity contribution in [3.63, 3.8) is 0 Å². The monoisotopic (exact) mass is 262 g/mol. The van der Waals surface area contributed by atoms with E-state index in [0.717, 1.165) is 0 Å². The van der Waals surface area contributed by atoms with E-state index in [2.05, 4.69) is 10.1 Å². The van der Waals surface area contributed by atoms with Crippen molar-refractivity contribution in [2.45, 2.75) is 26.0 Å². The summed E-state index contributed by atoms with van der Waals surface area (Å²) in [5, 5.41) is 19.7. The number of hydrogen-bond acceptors (Lipinski definition) is 5. The van der Waals surface area contributed by atoms with Gasteiger partial charge in [0.2, 0.25) is 0 Å². The number of nitrogens with one attached hydrogen (secondary N) is 1. The molecule has 0 bridgehead atoms. The minimum Gasteiger partial charge on any atom is -0.479 e. The summed E-state index contributed by atoms with van der Waals surface area (Å²) in [7, 11) is 1.20. The fourth-order valence-electron chi connectivity index (χ4n) is 1.07. The Morgan fingerprint density at radius 3 is 2.28 bits per heavy atom. The van der Waals surface area contributed by atoms with Gasteiger partial charge in [-0.2, -0.15) is 0 Å². The van der Waals surface area contributed by atoms with Gasteiger partial charge in [-0.15, -0.1) is 0 Å². The van der Waals surface area contributed by atoms with Crippen LogP contribution < -0.4 is 5.32 Å². The third-order valence-corrected chi connectivity index (χ3v) is 2.14. The Kier molecular flexibility index (Phi) is 6.73. The lowest BCUT2D eigenvalue weighted by molar-refractivity contribution is -0.146. The van der Waals surface area contributed by atoms with Gasteiger partial charge < -0.3 is 25.2 Å². The molecule has 0 aliphatic rings. The molecule has 1 atom stereocenters. The second-order valence-electron chi connectivity index (χ2n) is 3.84. The molecule has 8 nitrogen and oxygen atoms in total. The molecule has 0 aliphatic heterocycles. The Morgan fingerprint density at radius 2 is 1.89 bits per heavy atom. The number of ether oxygens (including phenoxy) is 1. The number of carboxylic acids is 1. The normalized spacial score (nSPS) is 11.8. The van der Waals surface area contributed by atoms with Gasteiger partial charge in [-0.05, 0) is 13.8 Å². The summed E-state index contributed by atoms with van der Waals surface area (Å²) >= 11 is 0. The van der Waals surface area contributed by atoms with Gasteiger partial charge in [-0.3, -0.25) is 4.79 Å². The number of aliphatic hydroxyl groups excluding tert-OH is 1. The predicted octanol–water partition coefficient (Wildman–Crippen LogP) is -0.975. The number of esters is 1. The minimum atomic E-state index is -1.68. The van der Waals surface area contributed by atoms with Crippen molar-refractivity contribution in [1.82, 2.24) is 10.2 Å². The van der Waals surface area contributed by atoms with Crippen LogP contribution in [0.5, 0.6) is 0 Å². The number of carbonyl (C=O) groups excluding carboxylic acids is 2. The Hall–Kier alpha value is -1.83. The largest absolute Gasteiger partial charge is 0.479 e. The van der Waals surface area contributed by atoms with E-state index in [-0.39, 0.29) is 12.6 Å². The van der Waals surface area contributed by atoms with Crippen molar-refractivity contribution in [3.05, 3.63) is 0 Å². The second-order valence-corrected chi connectivity index (χ2v) is 3.84. The zero-order chi connectivity index (χ0) is 14.3. The highest BCUT2D eigenvalue weighted by Gasteiger charge is 2.22. The van der Waals surface area contributed by atoms with Crippen LogP contribution in [0.4, 0.5) is 4.79 Å². The molecule has 104 valence electrons. The van der Waals surface area contributed by atoms with E-state index in [1.807, 2.05) is 0 Å². The third kappa shape index (κ3) is 5.48. The van der Waals surface area contributed by atoms with Gasteiger partial charge in [0.15, 0.2) is 6.10 Å². The summed E-state index contributed by atoms with van der Waals surface area (Å²) in [5.74, 6) is -2.02. The maximum Gasteiger partial charge on any atom is 0.334 e. The zero-order valence-corrected chi connectivity index (χ0v) is 10.5.